The minimum atomic E-state index is -2.18. The van der Waals surface area contributed by atoms with Gasteiger partial charge in [-0.25, -0.2) is 0 Å². The molecule has 0 saturated carbocycles. The van der Waals surface area contributed by atoms with Crippen LogP contribution in [0.1, 0.15) is 90.7 Å². The molecule has 0 fully saturated rings. The lowest BCUT2D eigenvalue weighted by atomic mass is 9.95. The van der Waals surface area contributed by atoms with Gasteiger partial charge < -0.3 is 4.43 Å². The zero-order valence-corrected chi connectivity index (χ0v) is 24.6. The average Bonchev–Trinajstić information content (AvgIpc) is 2.79. The molecule has 4 heteroatoms. The van der Waals surface area contributed by atoms with Crippen molar-refractivity contribution in [3.63, 3.8) is 0 Å². The molecular weight excluding hydrogens is 446 g/mol. The summed E-state index contributed by atoms with van der Waals surface area (Å²) in [6, 6.07) is 17.3. The van der Waals surface area contributed by atoms with Gasteiger partial charge in [-0.15, -0.1) is 0 Å². The Morgan fingerprint density at radius 2 is 1.37 bits per heavy atom. The molecule has 35 heavy (non-hydrogen) atoms. The number of carbonyl (C=O) groups excluding carboxylic acids is 1. The second-order valence-electron chi connectivity index (χ2n) is 11.2. The molecule has 0 aliphatic carbocycles. The van der Waals surface area contributed by atoms with Gasteiger partial charge in [-0.3, -0.25) is 9.69 Å². The average molecular weight is 494 g/mol. The van der Waals surface area contributed by atoms with Gasteiger partial charge in [-0.05, 0) is 73.7 Å². The van der Waals surface area contributed by atoms with E-state index in [0.717, 1.165) is 35.3 Å². The summed E-state index contributed by atoms with van der Waals surface area (Å²) in [7, 11) is -2.18. The lowest BCUT2D eigenvalue weighted by molar-refractivity contribution is 0.112. The van der Waals surface area contributed by atoms with Crippen LogP contribution in [0.4, 0.5) is 0 Å². The molecule has 0 bridgehead atoms. The van der Waals surface area contributed by atoms with Crippen molar-refractivity contribution in [1.29, 1.82) is 0 Å². The highest BCUT2D eigenvalue weighted by atomic mass is 28.4. The fourth-order valence-corrected chi connectivity index (χ4v) is 10.9. The summed E-state index contributed by atoms with van der Waals surface area (Å²) in [5, 5.41) is 0. The van der Waals surface area contributed by atoms with E-state index in [0.29, 0.717) is 34.3 Å². The van der Waals surface area contributed by atoms with E-state index >= 15 is 0 Å². The van der Waals surface area contributed by atoms with Gasteiger partial charge in [-0.2, -0.15) is 0 Å². The van der Waals surface area contributed by atoms with Crippen LogP contribution >= 0.6 is 0 Å². The van der Waals surface area contributed by atoms with E-state index in [1.165, 1.54) is 0 Å². The van der Waals surface area contributed by atoms with Crippen LogP contribution in [0.15, 0.2) is 54.6 Å². The van der Waals surface area contributed by atoms with E-state index in [-0.39, 0.29) is 0 Å². The second kappa shape index (κ2) is 12.7. The Hall–Kier alpha value is -2.17. The standard InChI is InChI=1S/C31H47NO2Si/c1-22(2)32(23(3)4)19-18-29(28-14-12-11-13-15-28)30-20-27(21-33)16-17-31(30)34-35(24(5)6,25(7)8)26(9)10/h11-18,20-26H,19H2,1-10H3. The smallest absolute Gasteiger partial charge is 0.258 e. The molecule has 0 spiro atoms. The molecular formula is C31H47NO2Si. The van der Waals surface area contributed by atoms with Crippen LogP contribution in [0, 0.1) is 0 Å². The third-order valence-electron chi connectivity index (χ3n) is 7.34. The summed E-state index contributed by atoms with van der Waals surface area (Å²) in [4.78, 5) is 14.3. The lowest BCUT2D eigenvalue weighted by Gasteiger charge is -2.42. The van der Waals surface area contributed by atoms with Crippen LogP contribution in [-0.4, -0.2) is 38.1 Å². The van der Waals surface area contributed by atoms with Crippen molar-refractivity contribution in [2.75, 3.05) is 6.54 Å². The number of rotatable bonds is 12. The van der Waals surface area contributed by atoms with Gasteiger partial charge in [0.15, 0.2) is 0 Å². The second-order valence-corrected chi connectivity index (χ2v) is 16.5. The normalized spacial score (nSPS) is 13.1. The number of hydrogen-bond donors (Lipinski definition) is 0. The Balaban J connectivity index is 2.76. The Kier molecular flexibility index (Phi) is 10.5. The van der Waals surface area contributed by atoms with Gasteiger partial charge in [0.25, 0.3) is 8.32 Å². The first-order valence-corrected chi connectivity index (χ1v) is 15.4. The maximum atomic E-state index is 11.8. The van der Waals surface area contributed by atoms with Crippen LogP contribution in [0.25, 0.3) is 5.57 Å². The van der Waals surface area contributed by atoms with Gasteiger partial charge in [0.1, 0.15) is 12.0 Å². The van der Waals surface area contributed by atoms with Crippen LogP contribution in [-0.2, 0) is 0 Å². The molecule has 2 rings (SSSR count). The van der Waals surface area contributed by atoms with Crippen LogP contribution in [0.5, 0.6) is 5.75 Å². The Labute approximate surface area is 215 Å². The summed E-state index contributed by atoms with van der Waals surface area (Å²) >= 11 is 0. The Morgan fingerprint density at radius 3 is 1.83 bits per heavy atom. The van der Waals surface area contributed by atoms with Crippen molar-refractivity contribution in [2.24, 2.45) is 0 Å². The van der Waals surface area contributed by atoms with E-state index in [9.17, 15) is 4.79 Å². The first-order valence-electron chi connectivity index (χ1n) is 13.3. The molecule has 3 nitrogen and oxygen atoms in total. The first-order chi connectivity index (χ1) is 16.4. The molecule has 2 aromatic carbocycles. The third-order valence-corrected chi connectivity index (χ3v) is 13.3. The number of benzene rings is 2. The number of carbonyl (C=O) groups is 1. The third kappa shape index (κ3) is 6.74. The summed E-state index contributed by atoms with van der Waals surface area (Å²) in [6.45, 7) is 23.6. The van der Waals surface area contributed by atoms with E-state index < -0.39 is 8.32 Å². The molecule has 0 unspecified atom stereocenters. The van der Waals surface area contributed by atoms with Crippen molar-refractivity contribution < 1.29 is 9.22 Å². The highest BCUT2D eigenvalue weighted by Crippen LogP contribution is 2.44. The first kappa shape index (κ1) is 29.1. The van der Waals surface area contributed by atoms with Gasteiger partial charge in [0.05, 0.1) is 0 Å². The van der Waals surface area contributed by atoms with Gasteiger partial charge in [0, 0.05) is 29.8 Å². The summed E-state index contributed by atoms with van der Waals surface area (Å²) in [5.74, 6) is 0.897. The van der Waals surface area contributed by atoms with Gasteiger partial charge in [-0.1, -0.05) is 78.0 Å². The highest BCUT2D eigenvalue weighted by molar-refractivity contribution is 6.78. The van der Waals surface area contributed by atoms with Crippen molar-refractivity contribution in [1.82, 2.24) is 4.90 Å². The maximum absolute atomic E-state index is 11.8. The monoisotopic (exact) mass is 493 g/mol. The molecule has 0 aliphatic rings. The van der Waals surface area contributed by atoms with Crippen molar-refractivity contribution in [3.8, 4) is 5.75 Å². The van der Waals surface area contributed by atoms with Crippen LogP contribution in [0.3, 0.4) is 0 Å². The van der Waals surface area contributed by atoms with Crippen molar-refractivity contribution >= 4 is 20.2 Å². The predicted octanol–water partition coefficient (Wildman–Crippen LogP) is 8.60. The van der Waals surface area contributed by atoms with Crippen LogP contribution < -0.4 is 4.43 Å². The molecule has 192 valence electrons. The number of nitrogens with zero attached hydrogens (tertiary/aromatic N) is 1. The van der Waals surface area contributed by atoms with E-state index in [4.69, 9.17) is 4.43 Å². The zero-order chi connectivity index (χ0) is 26.3. The van der Waals surface area contributed by atoms with Gasteiger partial charge in [0.2, 0.25) is 0 Å². The summed E-state index contributed by atoms with van der Waals surface area (Å²) < 4.78 is 7.19. The van der Waals surface area contributed by atoms with E-state index in [2.05, 4.69) is 104 Å². The SMILES string of the molecule is CC(C)N(CC=C(c1ccccc1)c1cc(C=O)ccc1O[Si](C(C)C)(C(C)C)C(C)C)C(C)C. The topological polar surface area (TPSA) is 29.5 Å². The Bertz CT molecular complexity index is 947. The Morgan fingerprint density at radius 1 is 0.829 bits per heavy atom. The molecule has 0 aliphatic heterocycles. The molecule has 0 aromatic heterocycles. The minimum Gasteiger partial charge on any atom is -0.542 e. The molecule has 0 amide bonds. The van der Waals surface area contributed by atoms with Crippen molar-refractivity contribution in [3.05, 3.63) is 71.3 Å². The predicted molar refractivity (Wildman–Crippen MR) is 154 cm³/mol. The quantitative estimate of drug-likeness (QED) is 0.219. The molecule has 2 aromatic rings. The molecule has 0 heterocycles. The molecule has 0 atom stereocenters. The number of hydrogen-bond acceptors (Lipinski definition) is 3. The van der Waals surface area contributed by atoms with Crippen LogP contribution in [0.2, 0.25) is 16.6 Å². The highest BCUT2D eigenvalue weighted by Gasteiger charge is 2.47. The molecule has 0 radical (unpaired) electrons. The van der Waals surface area contributed by atoms with E-state index in [1.807, 2.05) is 24.3 Å². The molecule has 0 N–H and O–H groups in total. The van der Waals surface area contributed by atoms with E-state index in [1.54, 1.807) is 0 Å². The number of aldehydes is 1. The summed E-state index contributed by atoms with van der Waals surface area (Å²) in [6.07, 6.45) is 3.25. The summed E-state index contributed by atoms with van der Waals surface area (Å²) in [5.41, 5.74) is 5.32. The van der Waals surface area contributed by atoms with Gasteiger partial charge >= 0.3 is 0 Å². The maximum Gasteiger partial charge on any atom is 0.258 e. The lowest BCUT2D eigenvalue weighted by Crippen LogP contribution is -2.50. The zero-order valence-electron chi connectivity index (χ0n) is 23.6. The fraction of sp³-hybridized carbons (Fsp3) is 0.516. The molecule has 0 saturated heterocycles. The fourth-order valence-electron chi connectivity index (χ4n) is 5.68. The largest absolute Gasteiger partial charge is 0.542 e. The minimum absolute atomic E-state index is 0.434. The van der Waals surface area contributed by atoms with Crippen molar-refractivity contribution in [2.45, 2.75) is 97.9 Å².